The molecule has 2 atom stereocenters. The summed E-state index contributed by atoms with van der Waals surface area (Å²) in [6.45, 7) is 5.74. The maximum Gasteiger partial charge on any atom is 0.119 e. The van der Waals surface area contributed by atoms with Crippen LogP contribution in [0.2, 0.25) is 0 Å². The molecule has 0 amide bonds. The van der Waals surface area contributed by atoms with Gasteiger partial charge in [-0.25, -0.2) is 0 Å². The number of rotatable bonds is 11. The molecule has 1 aromatic carbocycles. The zero-order valence-corrected chi connectivity index (χ0v) is 13.5. The lowest BCUT2D eigenvalue weighted by molar-refractivity contribution is 0.0946. The summed E-state index contributed by atoms with van der Waals surface area (Å²) in [6.07, 6.45) is 2.63. The molecule has 0 aliphatic heterocycles. The molecule has 0 saturated carbocycles. The molecule has 0 spiro atoms. The number of hydrogen-bond acceptors (Lipinski definition) is 4. The minimum atomic E-state index is -0.521. The normalized spacial score (nSPS) is 13.9. The first-order valence-electron chi connectivity index (χ1n) is 7.81. The average molecular weight is 295 g/mol. The van der Waals surface area contributed by atoms with E-state index in [4.69, 9.17) is 9.47 Å². The first kappa shape index (κ1) is 18.0. The van der Waals surface area contributed by atoms with Gasteiger partial charge in [0, 0.05) is 19.7 Å². The monoisotopic (exact) mass is 295 g/mol. The van der Waals surface area contributed by atoms with Crippen molar-refractivity contribution in [3.8, 4) is 5.75 Å². The molecule has 2 N–H and O–H groups in total. The molecule has 4 heteroatoms. The molecule has 0 aromatic heterocycles. The molecule has 0 heterocycles. The van der Waals surface area contributed by atoms with Crippen LogP contribution in [0, 0.1) is 0 Å². The molecule has 120 valence electrons. The number of aliphatic hydroxyl groups excluding tert-OH is 1. The van der Waals surface area contributed by atoms with Gasteiger partial charge in [-0.15, -0.1) is 0 Å². The highest BCUT2D eigenvalue weighted by Crippen LogP contribution is 2.12. The zero-order valence-electron chi connectivity index (χ0n) is 13.5. The molecular formula is C17H29NO3. The second-order valence-corrected chi connectivity index (χ2v) is 5.31. The summed E-state index contributed by atoms with van der Waals surface area (Å²) in [4.78, 5) is 0. The second kappa shape index (κ2) is 10.6. The predicted molar refractivity (Wildman–Crippen MR) is 85.9 cm³/mol. The van der Waals surface area contributed by atoms with Crippen LogP contribution in [-0.4, -0.2) is 44.1 Å². The molecule has 4 nitrogen and oxygen atoms in total. The lowest BCUT2D eigenvalue weighted by Crippen LogP contribution is -2.40. The van der Waals surface area contributed by atoms with Crippen LogP contribution in [0.1, 0.15) is 32.3 Å². The minimum Gasteiger partial charge on any atom is -0.491 e. The van der Waals surface area contributed by atoms with Crippen molar-refractivity contribution in [2.45, 2.75) is 45.3 Å². The Morgan fingerprint density at radius 2 is 1.86 bits per heavy atom. The summed E-state index contributed by atoms with van der Waals surface area (Å²) in [5, 5.41) is 13.3. The fraction of sp³-hybridized carbons (Fsp3) is 0.647. The van der Waals surface area contributed by atoms with Crippen molar-refractivity contribution in [2.75, 3.05) is 26.9 Å². The Morgan fingerprint density at radius 1 is 1.14 bits per heavy atom. The van der Waals surface area contributed by atoms with E-state index in [1.165, 1.54) is 5.56 Å². The van der Waals surface area contributed by atoms with E-state index >= 15 is 0 Å². The molecule has 21 heavy (non-hydrogen) atoms. The Balaban J connectivity index is 2.27. The van der Waals surface area contributed by atoms with Crippen LogP contribution >= 0.6 is 0 Å². The molecule has 0 aliphatic rings. The molecule has 0 aliphatic carbocycles. The Morgan fingerprint density at radius 3 is 2.43 bits per heavy atom. The highest BCUT2D eigenvalue weighted by Gasteiger charge is 2.10. The number of aliphatic hydroxyl groups is 1. The van der Waals surface area contributed by atoms with E-state index in [0.29, 0.717) is 25.8 Å². The maximum absolute atomic E-state index is 9.97. The predicted octanol–water partition coefficient (Wildman–Crippen LogP) is 2.39. The topological polar surface area (TPSA) is 50.7 Å². The third kappa shape index (κ3) is 7.46. The Labute approximate surface area is 128 Å². The van der Waals surface area contributed by atoms with Gasteiger partial charge in [-0.05, 0) is 30.5 Å². The van der Waals surface area contributed by atoms with Crippen molar-refractivity contribution in [1.82, 2.24) is 5.32 Å². The van der Waals surface area contributed by atoms with E-state index in [-0.39, 0.29) is 0 Å². The molecule has 1 rings (SSSR count). The molecular weight excluding hydrogens is 266 g/mol. The number of ether oxygens (including phenoxy) is 2. The third-order valence-electron chi connectivity index (χ3n) is 3.42. The average Bonchev–Trinajstić information content (AvgIpc) is 2.51. The lowest BCUT2D eigenvalue weighted by Gasteiger charge is -2.20. The molecule has 2 unspecified atom stereocenters. The van der Waals surface area contributed by atoms with E-state index in [1.807, 2.05) is 12.1 Å². The highest BCUT2D eigenvalue weighted by molar-refractivity contribution is 5.27. The second-order valence-electron chi connectivity index (χ2n) is 5.31. The van der Waals surface area contributed by atoms with Crippen LogP contribution < -0.4 is 10.1 Å². The summed E-state index contributed by atoms with van der Waals surface area (Å²) in [5.74, 6) is 0.799. The largest absolute Gasteiger partial charge is 0.491 e. The van der Waals surface area contributed by atoms with Crippen LogP contribution in [-0.2, 0) is 11.2 Å². The van der Waals surface area contributed by atoms with E-state index in [0.717, 1.165) is 25.0 Å². The van der Waals surface area contributed by atoms with Crippen molar-refractivity contribution in [1.29, 1.82) is 0 Å². The van der Waals surface area contributed by atoms with Gasteiger partial charge in [0.1, 0.15) is 18.5 Å². The first-order chi connectivity index (χ1) is 10.2. The number of benzene rings is 1. The van der Waals surface area contributed by atoms with Crippen LogP contribution in [0.5, 0.6) is 5.75 Å². The Kier molecular flexibility index (Phi) is 9.06. The standard InChI is InChI=1S/C17H29NO3/c1-4-6-15(12-20-3)18-11-16(19)13-21-17-9-7-14(5-2)8-10-17/h7-10,15-16,18-19H,4-6,11-13H2,1-3H3. The fourth-order valence-electron chi connectivity index (χ4n) is 2.17. The maximum atomic E-state index is 9.97. The van der Waals surface area contributed by atoms with Gasteiger partial charge in [-0.3, -0.25) is 0 Å². The van der Waals surface area contributed by atoms with Crippen molar-refractivity contribution in [2.24, 2.45) is 0 Å². The van der Waals surface area contributed by atoms with Gasteiger partial charge in [0.15, 0.2) is 0 Å². The molecule has 0 saturated heterocycles. The lowest BCUT2D eigenvalue weighted by atomic mass is 10.1. The van der Waals surface area contributed by atoms with Crippen molar-refractivity contribution < 1.29 is 14.6 Å². The van der Waals surface area contributed by atoms with Crippen LogP contribution in [0.4, 0.5) is 0 Å². The van der Waals surface area contributed by atoms with Gasteiger partial charge in [0.2, 0.25) is 0 Å². The Bertz CT molecular complexity index is 361. The number of nitrogens with one attached hydrogen (secondary N) is 1. The molecule has 0 bridgehead atoms. The van der Waals surface area contributed by atoms with E-state index in [1.54, 1.807) is 7.11 Å². The summed E-state index contributed by atoms with van der Waals surface area (Å²) in [5.41, 5.74) is 1.28. The zero-order chi connectivity index (χ0) is 15.5. The summed E-state index contributed by atoms with van der Waals surface area (Å²) in [7, 11) is 1.70. The smallest absolute Gasteiger partial charge is 0.119 e. The minimum absolute atomic E-state index is 0.290. The van der Waals surface area contributed by atoms with Gasteiger partial charge in [-0.2, -0.15) is 0 Å². The van der Waals surface area contributed by atoms with Gasteiger partial charge < -0.3 is 19.9 Å². The van der Waals surface area contributed by atoms with E-state index < -0.39 is 6.10 Å². The summed E-state index contributed by atoms with van der Waals surface area (Å²) >= 11 is 0. The van der Waals surface area contributed by atoms with Crippen LogP contribution in [0.3, 0.4) is 0 Å². The quantitative estimate of drug-likeness (QED) is 0.658. The SMILES string of the molecule is CCCC(COC)NCC(O)COc1ccc(CC)cc1. The fourth-order valence-corrected chi connectivity index (χ4v) is 2.17. The van der Waals surface area contributed by atoms with Gasteiger partial charge in [0.25, 0.3) is 0 Å². The van der Waals surface area contributed by atoms with Crippen molar-refractivity contribution in [3.05, 3.63) is 29.8 Å². The van der Waals surface area contributed by atoms with Gasteiger partial charge in [-0.1, -0.05) is 32.4 Å². The van der Waals surface area contributed by atoms with Crippen LogP contribution in [0.15, 0.2) is 24.3 Å². The molecule has 0 radical (unpaired) electrons. The summed E-state index contributed by atoms with van der Waals surface area (Å²) < 4.78 is 10.8. The Hall–Kier alpha value is -1.10. The molecule has 0 fully saturated rings. The van der Waals surface area contributed by atoms with Crippen molar-refractivity contribution >= 4 is 0 Å². The van der Waals surface area contributed by atoms with E-state index in [9.17, 15) is 5.11 Å². The number of methoxy groups -OCH3 is 1. The summed E-state index contributed by atoms with van der Waals surface area (Å²) in [6, 6.07) is 8.29. The van der Waals surface area contributed by atoms with Gasteiger partial charge >= 0.3 is 0 Å². The third-order valence-corrected chi connectivity index (χ3v) is 3.42. The highest BCUT2D eigenvalue weighted by atomic mass is 16.5. The van der Waals surface area contributed by atoms with E-state index in [2.05, 4.69) is 31.3 Å². The van der Waals surface area contributed by atoms with Crippen molar-refractivity contribution in [3.63, 3.8) is 0 Å². The molecule has 1 aromatic rings. The van der Waals surface area contributed by atoms with Crippen LogP contribution in [0.25, 0.3) is 0 Å². The van der Waals surface area contributed by atoms with Gasteiger partial charge in [0.05, 0.1) is 6.61 Å². The number of aryl methyl sites for hydroxylation is 1. The number of hydrogen-bond donors (Lipinski definition) is 2. The first-order valence-corrected chi connectivity index (χ1v) is 7.81.